The quantitative estimate of drug-likeness (QED) is 0.0261. The average Bonchev–Trinajstić information content (AvgIpc) is 3.36. The molecule has 0 heterocycles. The highest BCUT2D eigenvalue weighted by Crippen LogP contribution is 2.18. The molecular weight excluding hydrogens is 865 g/mol. The van der Waals surface area contributed by atoms with E-state index in [0.717, 1.165) is 64.2 Å². The van der Waals surface area contributed by atoms with E-state index in [2.05, 4.69) is 45.1 Å². The van der Waals surface area contributed by atoms with E-state index in [4.69, 9.17) is 14.2 Å². The minimum absolute atomic E-state index is 0.0665. The van der Waals surface area contributed by atoms with Gasteiger partial charge in [0.15, 0.2) is 6.10 Å². The molecule has 0 fully saturated rings. The van der Waals surface area contributed by atoms with Crippen LogP contribution in [0.2, 0.25) is 0 Å². The van der Waals surface area contributed by atoms with Crippen LogP contribution in [-0.2, 0) is 28.6 Å². The smallest absolute Gasteiger partial charge is 0.306 e. The van der Waals surface area contributed by atoms with Crippen LogP contribution in [0.5, 0.6) is 0 Å². The normalized spacial score (nSPS) is 12.1. The van der Waals surface area contributed by atoms with Crippen molar-refractivity contribution in [3.05, 3.63) is 24.3 Å². The van der Waals surface area contributed by atoms with E-state index in [1.54, 1.807) is 0 Å². The van der Waals surface area contributed by atoms with Crippen LogP contribution in [0, 0.1) is 0 Å². The number of carbonyl (C=O) groups excluding carboxylic acids is 3. The fourth-order valence-corrected chi connectivity index (χ4v) is 9.48. The van der Waals surface area contributed by atoms with Gasteiger partial charge in [0.1, 0.15) is 13.2 Å². The molecule has 0 aliphatic heterocycles. The Hall–Kier alpha value is -2.11. The molecule has 0 bridgehead atoms. The van der Waals surface area contributed by atoms with Crippen LogP contribution in [0.1, 0.15) is 348 Å². The molecule has 6 heteroatoms. The van der Waals surface area contributed by atoms with Gasteiger partial charge in [-0.3, -0.25) is 14.4 Å². The highest BCUT2D eigenvalue weighted by molar-refractivity contribution is 5.71. The van der Waals surface area contributed by atoms with E-state index >= 15 is 0 Å². The molecule has 412 valence electrons. The van der Waals surface area contributed by atoms with Crippen molar-refractivity contribution < 1.29 is 28.6 Å². The Morgan fingerprint density at radius 1 is 0.286 bits per heavy atom. The summed E-state index contributed by atoms with van der Waals surface area (Å²) >= 11 is 0. The van der Waals surface area contributed by atoms with Crippen molar-refractivity contribution >= 4 is 17.9 Å². The largest absolute Gasteiger partial charge is 0.462 e. The number of ether oxygens (including phenoxy) is 3. The maximum Gasteiger partial charge on any atom is 0.306 e. The van der Waals surface area contributed by atoms with E-state index < -0.39 is 6.10 Å². The fourth-order valence-electron chi connectivity index (χ4n) is 9.48. The summed E-state index contributed by atoms with van der Waals surface area (Å²) in [5.74, 6) is -0.845. The molecule has 0 rings (SSSR count). The van der Waals surface area contributed by atoms with Crippen LogP contribution in [-0.4, -0.2) is 37.2 Å². The van der Waals surface area contributed by atoms with Gasteiger partial charge in [-0.05, 0) is 51.4 Å². The van der Waals surface area contributed by atoms with Crippen LogP contribution < -0.4 is 0 Å². The Morgan fingerprint density at radius 3 is 0.814 bits per heavy atom. The number of carbonyl (C=O) groups is 3. The highest BCUT2D eigenvalue weighted by Gasteiger charge is 2.19. The summed E-state index contributed by atoms with van der Waals surface area (Å²) in [6, 6.07) is 0. The van der Waals surface area contributed by atoms with Crippen LogP contribution in [0.15, 0.2) is 24.3 Å². The molecular formula is C64H120O6. The first-order valence-corrected chi connectivity index (χ1v) is 31.3. The standard InChI is InChI=1S/C64H120O6/c1-4-7-10-13-16-19-22-25-27-29-31-32-34-36-38-40-43-46-49-52-55-58-64(67)70-61(59-68-62(65)56-53-50-47-44-41-24-21-18-15-12-9-6-3)60-69-63(66)57-54-51-48-45-42-39-37-35-33-30-28-26-23-20-17-14-11-8-5-2/h17,20,26,28,61H,4-16,18-19,21-25,27,29-60H2,1-3H3/b20-17-,28-26-/t61-/m0/s1. The molecule has 0 N–H and O–H groups in total. The maximum atomic E-state index is 12.9. The van der Waals surface area contributed by atoms with Crippen molar-refractivity contribution in [2.75, 3.05) is 13.2 Å². The van der Waals surface area contributed by atoms with Crippen molar-refractivity contribution in [3.8, 4) is 0 Å². The lowest BCUT2D eigenvalue weighted by molar-refractivity contribution is -0.167. The second kappa shape index (κ2) is 59.5. The average molecular weight is 986 g/mol. The zero-order valence-corrected chi connectivity index (χ0v) is 47.3. The van der Waals surface area contributed by atoms with E-state index in [-0.39, 0.29) is 31.1 Å². The summed E-state index contributed by atoms with van der Waals surface area (Å²) in [6.45, 7) is 6.67. The van der Waals surface area contributed by atoms with Gasteiger partial charge in [0.25, 0.3) is 0 Å². The third-order valence-corrected chi connectivity index (χ3v) is 14.2. The molecule has 0 amide bonds. The molecule has 0 aromatic heterocycles. The van der Waals surface area contributed by atoms with Gasteiger partial charge in [-0.15, -0.1) is 0 Å². The first-order chi connectivity index (χ1) is 34.5. The first kappa shape index (κ1) is 67.9. The molecule has 0 aromatic carbocycles. The topological polar surface area (TPSA) is 78.9 Å². The van der Waals surface area contributed by atoms with Crippen molar-refractivity contribution in [1.82, 2.24) is 0 Å². The van der Waals surface area contributed by atoms with Crippen molar-refractivity contribution in [3.63, 3.8) is 0 Å². The predicted molar refractivity (Wildman–Crippen MR) is 303 cm³/mol. The maximum absolute atomic E-state index is 12.9. The number of hydrogen-bond acceptors (Lipinski definition) is 6. The number of hydrogen-bond donors (Lipinski definition) is 0. The monoisotopic (exact) mass is 985 g/mol. The second-order valence-corrected chi connectivity index (χ2v) is 21.3. The molecule has 0 unspecified atom stereocenters. The number of esters is 3. The lowest BCUT2D eigenvalue weighted by Crippen LogP contribution is -2.30. The van der Waals surface area contributed by atoms with Crippen molar-refractivity contribution in [1.29, 1.82) is 0 Å². The summed E-state index contributed by atoms with van der Waals surface area (Å²) in [7, 11) is 0. The zero-order valence-electron chi connectivity index (χ0n) is 47.3. The third-order valence-electron chi connectivity index (χ3n) is 14.2. The van der Waals surface area contributed by atoms with Gasteiger partial charge in [-0.25, -0.2) is 0 Å². The molecule has 70 heavy (non-hydrogen) atoms. The van der Waals surface area contributed by atoms with Crippen LogP contribution >= 0.6 is 0 Å². The number of unbranched alkanes of at least 4 members (excludes halogenated alkanes) is 43. The van der Waals surface area contributed by atoms with Gasteiger partial charge < -0.3 is 14.2 Å². The lowest BCUT2D eigenvalue weighted by Gasteiger charge is -2.18. The second-order valence-electron chi connectivity index (χ2n) is 21.3. The summed E-state index contributed by atoms with van der Waals surface area (Å²) in [6.07, 6.45) is 70.4. The number of allylic oxidation sites excluding steroid dienone is 4. The summed E-state index contributed by atoms with van der Waals surface area (Å²) in [5.41, 5.74) is 0. The molecule has 0 spiro atoms. The number of rotatable bonds is 58. The van der Waals surface area contributed by atoms with E-state index in [1.165, 1.54) is 244 Å². The van der Waals surface area contributed by atoms with E-state index in [0.29, 0.717) is 19.3 Å². The van der Waals surface area contributed by atoms with Gasteiger partial charge >= 0.3 is 17.9 Å². The molecule has 1 atom stereocenters. The Kier molecular flexibility index (Phi) is 57.7. The summed E-state index contributed by atoms with van der Waals surface area (Å²) < 4.78 is 16.9. The molecule has 0 aromatic rings. The Morgan fingerprint density at radius 2 is 0.514 bits per heavy atom. The fraction of sp³-hybridized carbons (Fsp3) is 0.891. The van der Waals surface area contributed by atoms with Crippen molar-refractivity contribution in [2.45, 2.75) is 354 Å². The van der Waals surface area contributed by atoms with Gasteiger partial charge in [-0.1, -0.05) is 302 Å². The zero-order chi connectivity index (χ0) is 50.7. The Bertz CT molecular complexity index is 1130. The first-order valence-electron chi connectivity index (χ1n) is 31.3. The molecule has 0 aliphatic rings. The Labute approximate surface area is 436 Å². The van der Waals surface area contributed by atoms with E-state index in [9.17, 15) is 14.4 Å². The minimum Gasteiger partial charge on any atom is -0.462 e. The van der Waals surface area contributed by atoms with Gasteiger partial charge in [0.05, 0.1) is 0 Å². The van der Waals surface area contributed by atoms with Gasteiger partial charge in [-0.2, -0.15) is 0 Å². The molecule has 6 nitrogen and oxygen atoms in total. The van der Waals surface area contributed by atoms with E-state index in [1.807, 2.05) is 0 Å². The molecule has 0 saturated heterocycles. The van der Waals surface area contributed by atoms with Crippen LogP contribution in [0.3, 0.4) is 0 Å². The molecule has 0 saturated carbocycles. The predicted octanol–water partition coefficient (Wildman–Crippen LogP) is 21.1. The molecule has 0 radical (unpaired) electrons. The minimum atomic E-state index is -0.768. The SMILES string of the molecule is CCCCC/C=C\C/C=C\CCCCCCCCCCCC(=O)OC[C@H](COC(=O)CCCCCCCCCCCCCC)OC(=O)CCCCCCCCCCCCCCCCCCCCCCC. The Balaban J connectivity index is 4.26. The van der Waals surface area contributed by atoms with Gasteiger partial charge in [0.2, 0.25) is 0 Å². The third kappa shape index (κ3) is 56.8. The van der Waals surface area contributed by atoms with Crippen LogP contribution in [0.25, 0.3) is 0 Å². The summed E-state index contributed by atoms with van der Waals surface area (Å²) in [5, 5.41) is 0. The van der Waals surface area contributed by atoms with Gasteiger partial charge in [0, 0.05) is 19.3 Å². The molecule has 0 aliphatic carbocycles. The summed E-state index contributed by atoms with van der Waals surface area (Å²) in [4.78, 5) is 38.2. The lowest BCUT2D eigenvalue weighted by atomic mass is 10.0. The van der Waals surface area contributed by atoms with Crippen LogP contribution in [0.4, 0.5) is 0 Å². The van der Waals surface area contributed by atoms with Crippen molar-refractivity contribution in [2.24, 2.45) is 0 Å². The highest BCUT2D eigenvalue weighted by atomic mass is 16.6.